The van der Waals surface area contributed by atoms with Crippen LogP contribution in [0.1, 0.15) is 48.2 Å². The summed E-state index contributed by atoms with van der Waals surface area (Å²) in [5.41, 5.74) is 2.10. The van der Waals surface area contributed by atoms with Gasteiger partial charge in [-0.15, -0.1) is 0 Å². The van der Waals surface area contributed by atoms with Gasteiger partial charge in [-0.3, -0.25) is 9.78 Å². The Balaban J connectivity index is 1.44. The summed E-state index contributed by atoms with van der Waals surface area (Å²) in [6, 6.07) is 4.29. The number of hydrogen-bond donors (Lipinski definition) is 1. The highest BCUT2D eigenvalue weighted by atomic mass is 19.4. The Morgan fingerprint density at radius 3 is 2.66 bits per heavy atom. The Hall–Kier alpha value is -2.78. The summed E-state index contributed by atoms with van der Waals surface area (Å²) in [5, 5.41) is 2.74. The Kier molecular flexibility index (Phi) is 5.81. The second-order valence-electron chi connectivity index (χ2n) is 8.58. The summed E-state index contributed by atoms with van der Waals surface area (Å²) in [6.45, 7) is 2.91. The van der Waals surface area contributed by atoms with Gasteiger partial charge in [0.1, 0.15) is 11.5 Å². The number of fused-ring (bicyclic) bond motifs is 1. The fourth-order valence-corrected chi connectivity index (χ4v) is 4.22. The highest BCUT2D eigenvalue weighted by Crippen LogP contribution is 2.44. The molecule has 1 saturated carbocycles. The number of nitrogens with zero attached hydrogens (tertiary/aromatic N) is 3. The molecule has 32 heavy (non-hydrogen) atoms. The molecule has 1 fully saturated rings. The van der Waals surface area contributed by atoms with Crippen LogP contribution in [0.4, 0.5) is 33.5 Å². The summed E-state index contributed by atoms with van der Waals surface area (Å²) >= 11 is 0. The highest BCUT2D eigenvalue weighted by Gasteiger charge is 2.45. The first kappa shape index (κ1) is 22.4. The van der Waals surface area contributed by atoms with Gasteiger partial charge in [-0.25, -0.2) is 13.8 Å². The van der Waals surface area contributed by atoms with Crippen molar-refractivity contribution < 1.29 is 26.7 Å². The van der Waals surface area contributed by atoms with E-state index in [1.54, 1.807) is 6.92 Å². The van der Waals surface area contributed by atoms with Crippen molar-refractivity contribution in [3.05, 3.63) is 46.9 Å². The van der Waals surface area contributed by atoms with Gasteiger partial charge in [0.2, 0.25) is 11.8 Å². The van der Waals surface area contributed by atoms with Crippen molar-refractivity contribution >= 4 is 17.4 Å². The zero-order valence-electron chi connectivity index (χ0n) is 17.5. The molecule has 0 bridgehead atoms. The maximum Gasteiger partial charge on any atom is 0.433 e. The molecule has 2 aliphatic rings. The van der Waals surface area contributed by atoms with E-state index in [1.807, 2.05) is 11.0 Å². The highest BCUT2D eigenvalue weighted by molar-refractivity contribution is 5.91. The third kappa shape index (κ3) is 4.99. The zero-order valence-corrected chi connectivity index (χ0v) is 17.5. The van der Waals surface area contributed by atoms with Gasteiger partial charge in [-0.05, 0) is 48.9 Å². The van der Waals surface area contributed by atoms with Gasteiger partial charge in [0.25, 0.3) is 0 Å². The van der Waals surface area contributed by atoms with Crippen molar-refractivity contribution in [1.29, 1.82) is 0 Å². The van der Waals surface area contributed by atoms with Gasteiger partial charge in [-0.2, -0.15) is 13.2 Å². The van der Waals surface area contributed by atoms with Gasteiger partial charge in [0.05, 0.1) is 11.4 Å². The van der Waals surface area contributed by atoms with Gasteiger partial charge < -0.3 is 10.2 Å². The third-order valence-electron chi connectivity index (χ3n) is 5.85. The summed E-state index contributed by atoms with van der Waals surface area (Å²) in [4.78, 5) is 22.4. The van der Waals surface area contributed by atoms with Gasteiger partial charge >= 0.3 is 6.18 Å². The monoisotopic (exact) mass is 454 g/mol. The molecule has 3 heterocycles. The summed E-state index contributed by atoms with van der Waals surface area (Å²) in [7, 11) is 0. The molecule has 1 amide bonds. The van der Waals surface area contributed by atoms with Crippen molar-refractivity contribution in [3.63, 3.8) is 0 Å². The predicted molar refractivity (Wildman–Crippen MR) is 109 cm³/mol. The summed E-state index contributed by atoms with van der Waals surface area (Å²) < 4.78 is 64.2. The molecule has 1 aliphatic carbocycles. The average molecular weight is 454 g/mol. The molecule has 0 unspecified atom stereocenters. The topological polar surface area (TPSA) is 58.1 Å². The maximum atomic E-state index is 13.0. The summed E-state index contributed by atoms with van der Waals surface area (Å²) in [6.07, 6.45) is -2.21. The number of carbonyl (C=O) groups is 1. The molecule has 2 aromatic rings. The molecule has 172 valence electrons. The first-order valence-corrected chi connectivity index (χ1v) is 10.5. The first-order chi connectivity index (χ1) is 15.0. The Morgan fingerprint density at radius 2 is 2.03 bits per heavy atom. The van der Waals surface area contributed by atoms with Crippen LogP contribution in [0.2, 0.25) is 0 Å². The Bertz CT molecular complexity index is 999. The van der Waals surface area contributed by atoms with E-state index in [9.17, 15) is 26.7 Å². The molecule has 10 heteroatoms. The van der Waals surface area contributed by atoms with E-state index in [0.717, 1.165) is 36.0 Å². The van der Waals surface area contributed by atoms with E-state index in [2.05, 4.69) is 15.3 Å². The quantitative estimate of drug-likeness (QED) is 0.637. The molecule has 5 nitrogen and oxygen atoms in total. The third-order valence-corrected chi connectivity index (χ3v) is 5.85. The van der Waals surface area contributed by atoms with E-state index in [-0.39, 0.29) is 31.1 Å². The molecule has 0 aromatic carbocycles. The number of carbonyl (C=O) groups excluding carboxylic acids is 1. The maximum absolute atomic E-state index is 13.0. The number of amides is 1. The lowest BCUT2D eigenvalue weighted by atomic mass is 9.79. The van der Waals surface area contributed by atoms with E-state index in [0.29, 0.717) is 24.3 Å². The Labute approximate surface area is 182 Å². The number of rotatable bonds is 5. The fraction of sp³-hybridized carbons (Fsp3) is 0.500. The Morgan fingerprint density at radius 1 is 1.28 bits per heavy atom. The van der Waals surface area contributed by atoms with Crippen LogP contribution in [0.25, 0.3) is 0 Å². The van der Waals surface area contributed by atoms with E-state index < -0.39 is 17.8 Å². The number of anilines is 2. The smallest absolute Gasteiger partial charge is 0.366 e. The predicted octanol–water partition coefficient (Wildman–Crippen LogP) is 5.13. The van der Waals surface area contributed by atoms with Crippen LogP contribution >= 0.6 is 0 Å². The lowest BCUT2D eigenvalue weighted by molar-refractivity contribution is -0.141. The van der Waals surface area contributed by atoms with Crippen LogP contribution in [0, 0.1) is 12.8 Å². The minimum atomic E-state index is -4.47. The minimum Gasteiger partial charge on any atom is -0.366 e. The van der Waals surface area contributed by atoms with E-state index in [4.69, 9.17) is 0 Å². The first-order valence-electron chi connectivity index (χ1n) is 10.5. The van der Waals surface area contributed by atoms with E-state index in [1.165, 1.54) is 12.3 Å². The largest absolute Gasteiger partial charge is 0.433 e. The number of alkyl halides is 5. The van der Waals surface area contributed by atoms with E-state index >= 15 is 0 Å². The molecule has 1 aliphatic heterocycles. The number of hydrogen-bond acceptors (Lipinski definition) is 4. The SMILES string of the molecule is Cc1cc2c(nc1NC(=O)CC1CC(F)(F)C1)CCCN2Cc1ccc(C(F)(F)F)nc1. The standard InChI is InChI=1S/C22H23F5N4O/c1-13-7-17-16(29-20(13)30-19(32)8-15-9-21(23,24)10-15)3-2-6-31(17)12-14-4-5-18(28-11-14)22(25,26)27/h4-5,7,11,15H,2-3,6,8-10,12H2,1H3,(H,29,30,32). The van der Waals surface area contributed by atoms with Crippen molar-refractivity contribution in [2.75, 3.05) is 16.8 Å². The fourth-order valence-electron chi connectivity index (χ4n) is 4.22. The van der Waals surface area contributed by atoms with Gasteiger partial charge in [-0.1, -0.05) is 6.07 Å². The average Bonchev–Trinajstić information content (AvgIpc) is 2.67. The van der Waals surface area contributed by atoms with Gasteiger partial charge in [0.15, 0.2) is 0 Å². The molecule has 0 radical (unpaired) electrons. The van der Waals surface area contributed by atoms with Crippen LogP contribution in [-0.4, -0.2) is 28.3 Å². The molecule has 0 saturated heterocycles. The van der Waals surface area contributed by atoms with Crippen LogP contribution in [0.3, 0.4) is 0 Å². The molecule has 4 rings (SSSR count). The second kappa shape index (κ2) is 8.29. The summed E-state index contributed by atoms with van der Waals surface area (Å²) in [5.74, 6) is -2.88. The van der Waals surface area contributed by atoms with Crippen molar-refractivity contribution in [2.24, 2.45) is 5.92 Å². The normalized spacial score (nSPS) is 18.1. The van der Waals surface area contributed by atoms with Crippen molar-refractivity contribution in [2.45, 2.75) is 57.7 Å². The minimum absolute atomic E-state index is 0.0425. The number of aryl methyl sites for hydroxylation is 2. The number of aromatic nitrogens is 2. The number of halogens is 5. The van der Waals surface area contributed by atoms with Crippen LogP contribution in [0.5, 0.6) is 0 Å². The van der Waals surface area contributed by atoms with Crippen molar-refractivity contribution in [1.82, 2.24) is 9.97 Å². The number of nitrogens with one attached hydrogen (secondary N) is 1. The van der Waals surface area contributed by atoms with Gasteiger partial charge in [0, 0.05) is 38.5 Å². The molecule has 0 spiro atoms. The van der Waals surface area contributed by atoms with Crippen molar-refractivity contribution in [3.8, 4) is 0 Å². The number of pyridine rings is 2. The molecular formula is C22H23F5N4O. The lowest BCUT2D eigenvalue weighted by Gasteiger charge is -2.34. The molecular weight excluding hydrogens is 431 g/mol. The molecule has 1 N–H and O–H groups in total. The molecule has 2 aromatic heterocycles. The van der Waals surface area contributed by atoms with Crippen LogP contribution in [0.15, 0.2) is 24.4 Å². The molecule has 0 atom stereocenters. The second-order valence-corrected chi connectivity index (χ2v) is 8.58. The lowest BCUT2D eigenvalue weighted by Crippen LogP contribution is -2.37. The van der Waals surface area contributed by atoms with Crippen LogP contribution < -0.4 is 10.2 Å². The zero-order chi connectivity index (χ0) is 23.1. The van der Waals surface area contributed by atoms with Crippen LogP contribution in [-0.2, 0) is 23.9 Å².